The molecule has 0 spiro atoms. The van der Waals surface area contributed by atoms with E-state index in [0.717, 1.165) is 57.4 Å². The van der Waals surface area contributed by atoms with Gasteiger partial charge in [-0.1, -0.05) is 30.3 Å². The number of carbonyl (C=O) groups excluding carboxylic acids is 2. The summed E-state index contributed by atoms with van der Waals surface area (Å²) >= 11 is 0. The molecule has 5 heteroatoms. The van der Waals surface area contributed by atoms with Crippen LogP contribution in [0.25, 0.3) is 0 Å². The minimum atomic E-state index is -0.128. The molecule has 0 saturated carbocycles. The molecule has 1 aromatic rings. The molecule has 1 atom stereocenters. The maximum Gasteiger partial charge on any atom is 0.239 e. The normalized spacial score (nSPS) is 19.9. The number of benzene rings is 1. The Hall–Kier alpha value is -1.88. The third-order valence-corrected chi connectivity index (χ3v) is 6.11. The van der Waals surface area contributed by atoms with Crippen molar-refractivity contribution in [2.24, 2.45) is 5.92 Å². The third-order valence-electron chi connectivity index (χ3n) is 6.11. The molecule has 0 aliphatic carbocycles. The summed E-state index contributed by atoms with van der Waals surface area (Å²) in [5.74, 6) is 0.671. The number of likely N-dealkylation sites (N-methyl/N-ethyl adjacent to an activating group) is 1. The van der Waals surface area contributed by atoms with Gasteiger partial charge in [-0.3, -0.25) is 14.5 Å². The minimum Gasteiger partial charge on any atom is -0.342 e. The summed E-state index contributed by atoms with van der Waals surface area (Å²) in [6.07, 6.45) is 4.03. The van der Waals surface area contributed by atoms with Gasteiger partial charge in [-0.15, -0.1) is 0 Å². The van der Waals surface area contributed by atoms with Crippen molar-refractivity contribution >= 4 is 11.8 Å². The topological polar surface area (TPSA) is 43.9 Å². The zero-order valence-corrected chi connectivity index (χ0v) is 16.8. The Kier molecular flexibility index (Phi) is 6.89. The molecule has 2 fully saturated rings. The molecule has 1 aromatic carbocycles. The van der Waals surface area contributed by atoms with Crippen LogP contribution in [-0.4, -0.2) is 65.3 Å². The van der Waals surface area contributed by atoms with Gasteiger partial charge in [-0.05, 0) is 58.2 Å². The molecule has 0 N–H and O–H groups in total. The molecule has 0 radical (unpaired) electrons. The largest absolute Gasteiger partial charge is 0.342 e. The van der Waals surface area contributed by atoms with Gasteiger partial charge in [0.1, 0.15) is 0 Å². The van der Waals surface area contributed by atoms with Crippen molar-refractivity contribution in [3.8, 4) is 0 Å². The Balaban J connectivity index is 1.52. The molecule has 1 unspecified atom stereocenters. The fourth-order valence-corrected chi connectivity index (χ4v) is 4.30. The van der Waals surface area contributed by atoms with Crippen molar-refractivity contribution in [2.75, 3.05) is 32.7 Å². The zero-order valence-electron chi connectivity index (χ0n) is 16.8. The van der Waals surface area contributed by atoms with Crippen LogP contribution in [0.5, 0.6) is 0 Å². The van der Waals surface area contributed by atoms with Crippen molar-refractivity contribution < 1.29 is 9.59 Å². The molecule has 2 heterocycles. The summed E-state index contributed by atoms with van der Waals surface area (Å²) in [5, 5.41) is 0. The molecular formula is C22H33N3O2. The minimum absolute atomic E-state index is 0.128. The van der Waals surface area contributed by atoms with Crippen molar-refractivity contribution in [1.82, 2.24) is 14.7 Å². The second-order valence-corrected chi connectivity index (χ2v) is 7.86. The van der Waals surface area contributed by atoms with Crippen LogP contribution in [0.15, 0.2) is 30.3 Å². The molecule has 5 nitrogen and oxygen atoms in total. The van der Waals surface area contributed by atoms with Crippen LogP contribution in [0.3, 0.4) is 0 Å². The summed E-state index contributed by atoms with van der Waals surface area (Å²) < 4.78 is 0. The smallest absolute Gasteiger partial charge is 0.239 e. The summed E-state index contributed by atoms with van der Waals surface area (Å²) in [6.45, 7) is 8.94. The summed E-state index contributed by atoms with van der Waals surface area (Å²) in [6, 6.07) is 10.0. The van der Waals surface area contributed by atoms with E-state index in [1.807, 2.05) is 41.8 Å². The zero-order chi connectivity index (χ0) is 19.2. The average Bonchev–Trinajstić information content (AvgIpc) is 3.26. The molecule has 2 amide bonds. The Labute approximate surface area is 163 Å². The molecule has 3 rings (SSSR count). The van der Waals surface area contributed by atoms with Crippen LogP contribution in [0.4, 0.5) is 0 Å². The lowest BCUT2D eigenvalue weighted by atomic mass is 9.94. The van der Waals surface area contributed by atoms with Crippen LogP contribution < -0.4 is 0 Å². The number of hydrogen-bond acceptors (Lipinski definition) is 3. The average molecular weight is 372 g/mol. The van der Waals surface area contributed by atoms with Gasteiger partial charge in [0, 0.05) is 32.1 Å². The lowest BCUT2D eigenvalue weighted by molar-refractivity contribution is -0.139. The third kappa shape index (κ3) is 4.89. The first kappa shape index (κ1) is 19.9. The van der Waals surface area contributed by atoms with Crippen molar-refractivity contribution in [3.05, 3.63) is 35.9 Å². The summed E-state index contributed by atoms with van der Waals surface area (Å²) in [7, 11) is 0. The maximum atomic E-state index is 13.0. The SMILES string of the molecule is CCN(Cc1ccccc1)C(=O)C(C)N1CCC(C(=O)N2CCCC2)CC1. The molecular weight excluding hydrogens is 338 g/mol. The van der Waals surface area contributed by atoms with Crippen LogP contribution in [0.2, 0.25) is 0 Å². The molecule has 2 aliphatic heterocycles. The van der Waals surface area contributed by atoms with E-state index in [9.17, 15) is 9.59 Å². The van der Waals surface area contributed by atoms with E-state index in [4.69, 9.17) is 0 Å². The first-order chi connectivity index (χ1) is 13.1. The van der Waals surface area contributed by atoms with Gasteiger partial charge in [0.2, 0.25) is 11.8 Å². The van der Waals surface area contributed by atoms with Crippen LogP contribution in [-0.2, 0) is 16.1 Å². The van der Waals surface area contributed by atoms with Crippen molar-refractivity contribution in [3.63, 3.8) is 0 Å². The predicted molar refractivity (Wildman–Crippen MR) is 107 cm³/mol. The van der Waals surface area contributed by atoms with E-state index in [0.29, 0.717) is 19.0 Å². The Morgan fingerprint density at radius 2 is 1.70 bits per heavy atom. The number of piperidine rings is 1. The lowest BCUT2D eigenvalue weighted by Gasteiger charge is -2.37. The fourth-order valence-electron chi connectivity index (χ4n) is 4.30. The van der Waals surface area contributed by atoms with E-state index in [2.05, 4.69) is 17.0 Å². The molecule has 2 saturated heterocycles. The van der Waals surface area contributed by atoms with Gasteiger partial charge in [0.15, 0.2) is 0 Å². The maximum absolute atomic E-state index is 13.0. The molecule has 27 heavy (non-hydrogen) atoms. The quantitative estimate of drug-likeness (QED) is 0.772. The molecule has 148 valence electrons. The molecule has 0 bridgehead atoms. The number of carbonyl (C=O) groups is 2. The highest BCUT2D eigenvalue weighted by Gasteiger charge is 2.33. The van der Waals surface area contributed by atoms with Gasteiger partial charge < -0.3 is 9.80 Å². The van der Waals surface area contributed by atoms with Gasteiger partial charge in [-0.2, -0.15) is 0 Å². The Morgan fingerprint density at radius 3 is 2.30 bits per heavy atom. The number of rotatable bonds is 6. The highest BCUT2D eigenvalue weighted by Crippen LogP contribution is 2.24. The number of nitrogens with zero attached hydrogens (tertiary/aromatic N) is 3. The number of amides is 2. The van der Waals surface area contributed by atoms with E-state index in [1.165, 1.54) is 0 Å². The summed E-state index contributed by atoms with van der Waals surface area (Å²) in [5.41, 5.74) is 1.16. The van der Waals surface area contributed by atoms with Crippen molar-refractivity contribution in [1.29, 1.82) is 0 Å². The van der Waals surface area contributed by atoms with Gasteiger partial charge >= 0.3 is 0 Å². The van der Waals surface area contributed by atoms with Gasteiger partial charge in [0.25, 0.3) is 0 Å². The molecule has 2 aliphatic rings. The van der Waals surface area contributed by atoms with E-state index >= 15 is 0 Å². The first-order valence-corrected chi connectivity index (χ1v) is 10.5. The Morgan fingerprint density at radius 1 is 1.07 bits per heavy atom. The van der Waals surface area contributed by atoms with Crippen LogP contribution >= 0.6 is 0 Å². The summed E-state index contributed by atoms with van der Waals surface area (Å²) in [4.78, 5) is 31.8. The van der Waals surface area contributed by atoms with E-state index in [-0.39, 0.29) is 17.9 Å². The van der Waals surface area contributed by atoms with Crippen LogP contribution in [0.1, 0.15) is 45.1 Å². The van der Waals surface area contributed by atoms with E-state index in [1.54, 1.807) is 0 Å². The second-order valence-electron chi connectivity index (χ2n) is 7.86. The van der Waals surface area contributed by atoms with Crippen LogP contribution in [0, 0.1) is 5.92 Å². The monoisotopic (exact) mass is 371 g/mol. The highest BCUT2D eigenvalue weighted by molar-refractivity contribution is 5.82. The second kappa shape index (κ2) is 9.36. The van der Waals surface area contributed by atoms with E-state index < -0.39 is 0 Å². The van der Waals surface area contributed by atoms with Gasteiger partial charge in [-0.25, -0.2) is 0 Å². The van der Waals surface area contributed by atoms with Gasteiger partial charge in [0.05, 0.1) is 6.04 Å². The highest BCUT2D eigenvalue weighted by atomic mass is 16.2. The predicted octanol–water partition coefficient (Wildman–Crippen LogP) is 2.76. The molecule has 0 aromatic heterocycles. The standard InChI is InChI=1S/C22H33N3O2/c1-3-23(17-19-9-5-4-6-10-19)21(26)18(2)24-15-11-20(12-16-24)22(27)25-13-7-8-14-25/h4-6,9-10,18,20H,3,7-8,11-17H2,1-2H3. The lowest BCUT2D eigenvalue weighted by Crippen LogP contribution is -2.50. The fraction of sp³-hybridized carbons (Fsp3) is 0.636. The Bertz CT molecular complexity index is 620. The number of hydrogen-bond donors (Lipinski definition) is 0. The van der Waals surface area contributed by atoms with Crippen molar-refractivity contribution in [2.45, 2.75) is 52.1 Å². The number of likely N-dealkylation sites (tertiary alicyclic amines) is 2. The first-order valence-electron chi connectivity index (χ1n) is 10.5.